The smallest absolute Gasteiger partial charge is 0.242 e. The molecule has 5 heteroatoms. The maximum Gasteiger partial charge on any atom is 0.242 e. The van der Waals surface area contributed by atoms with Gasteiger partial charge in [-0.1, -0.05) is 0 Å². The summed E-state index contributed by atoms with van der Waals surface area (Å²) >= 11 is 0. The van der Waals surface area contributed by atoms with Gasteiger partial charge in [0.05, 0.1) is 11.0 Å². The van der Waals surface area contributed by atoms with E-state index in [4.69, 9.17) is 10.7 Å². The molecule has 1 aromatic heterocycles. The number of benzene rings is 1. The average Bonchev–Trinajstić information content (AvgIpc) is 3.04. The van der Waals surface area contributed by atoms with E-state index in [1.165, 1.54) is 12.8 Å². The number of imidazole rings is 1. The van der Waals surface area contributed by atoms with E-state index in [1.54, 1.807) is 0 Å². The van der Waals surface area contributed by atoms with Gasteiger partial charge >= 0.3 is 0 Å². The van der Waals surface area contributed by atoms with Gasteiger partial charge in [0.25, 0.3) is 0 Å². The van der Waals surface area contributed by atoms with Gasteiger partial charge < -0.3 is 15.2 Å². The van der Waals surface area contributed by atoms with Gasteiger partial charge in [0, 0.05) is 24.7 Å². The quantitative estimate of drug-likeness (QED) is 0.878. The Hall–Kier alpha value is -2.04. The number of rotatable bonds is 3. The molecular weight excluding hydrogens is 264 g/mol. The van der Waals surface area contributed by atoms with Crippen LogP contribution in [0, 0.1) is 0 Å². The fourth-order valence-electron chi connectivity index (χ4n) is 3.19. The molecule has 1 saturated heterocycles. The van der Waals surface area contributed by atoms with Crippen LogP contribution in [0.2, 0.25) is 0 Å². The predicted octanol–water partition coefficient (Wildman–Crippen LogP) is 2.12. The Morgan fingerprint density at radius 2 is 2.05 bits per heavy atom. The van der Waals surface area contributed by atoms with Gasteiger partial charge in [0.15, 0.2) is 0 Å². The Kier molecular flexibility index (Phi) is 2.87. The molecule has 1 aromatic carbocycles. The van der Waals surface area contributed by atoms with Gasteiger partial charge in [-0.05, 0) is 43.9 Å². The first-order chi connectivity index (χ1) is 10.2. The molecule has 0 spiro atoms. The van der Waals surface area contributed by atoms with Crippen LogP contribution in [0.4, 0.5) is 5.69 Å². The lowest BCUT2D eigenvalue weighted by Crippen LogP contribution is -2.31. The topological polar surface area (TPSA) is 64.1 Å². The average molecular weight is 284 g/mol. The number of carbonyl (C=O) groups excluding carboxylic acids is 1. The van der Waals surface area contributed by atoms with Crippen molar-refractivity contribution in [3.05, 3.63) is 24.0 Å². The van der Waals surface area contributed by atoms with E-state index in [9.17, 15) is 4.79 Å². The van der Waals surface area contributed by atoms with Crippen molar-refractivity contribution in [3.8, 4) is 0 Å². The van der Waals surface area contributed by atoms with Crippen LogP contribution >= 0.6 is 0 Å². The molecule has 2 aliphatic rings. The summed E-state index contributed by atoms with van der Waals surface area (Å²) in [5.41, 5.74) is 8.51. The molecule has 1 saturated carbocycles. The molecule has 2 aromatic rings. The van der Waals surface area contributed by atoms with E-state index in [1.807, 2.05) is 23.1 Å². The highest BCUT2D eigenvalue weighted by Gasteiger charge is 2.31. The number of nitrogens with zero attached hydrogens (tertiary/aromatic N) is 3. The fraction of sp³-hybridized carbons (Fsp3) is 0.500. The molecule has 21 heavy (non-hydrogen) atoms. The van der Waals surface area contributed by atoms with Gasteiger partial charge in [-0.2, -0.15) is 0 Å². The summed E-state index contributed by atoms with van der Waals surface area (Å²) in [5.74, 6) is 1.79. The third-order valence-electron chi connectivity index (χ3n) is 4.50. The first-order valence-electron chi connectivity index (χ1n) is 7.76. The van der Waals surface area contributed by atoms with Crippen molar-refractivity contribution in [2.75, 3.05) is 18.8 Å². The zero-order valence-electron chi connectivity index (χ0n) is 12.1. The number of likely N-dealkylation sites (tertiary alicyclic amines) is 1. The lowest BCUT2D eigenvalue weighted by molar-refractivity contribution is -0.130. The van der Waals surface area contributed by atoms with Crippen molar-refractivity contribution in [1.29, 1.82) is 0 Å². The standard InChI is InChI=1S/C16H20N4O/c17-12-5-6-14-13(9-12)18-16(11-3-4-11)20(14)10-15(21)19-7-1-2-8-19/h5-6,9,11H,1-4,7-8,10,17H2. The molecule has 110 valence electrons. The van der Waals surface area contributed by atoms with E-state index in [0.717, 1.165) is 48.5 Å². The normalized spacial score (nSPS) is 18.6. The molecule has 0 atom stereocenters. The van der Waals surface area contributed by atoms with Crippen LogP contribution in [-0.4, -0.2) is 33.4 Å². The largest absolute Gasteiger partial charge is 0.399 e. The third kappa shape index (κ3) is 2.26. The van der Waals surface area contributed by atoms with Crippen LogP contribution in [0.5, 0.6) is 0 Å². The van der Waals surface area contributed by atoms with Gasteiger partial charge in [-0.15, -0.1) is 0 Å². The minimum absolute atomic E-state index is 0.213. The first kappa shape index (κ1) is 12.7. The number of hydrogen-bond donors (Lipinski definition) is 1. The minimum Gasteiger partial charge on any atom is -0.399 e. The minimum atomic E-state index is 0.213. The summed E-state index contributed by atoms with van der Waals surface area (Å²) in [6.45, 7) is 2.21. The lowest BCUT2D eigenvalue weighted by atomic mass is 10.3. The molecule has 2 fully saturated rings. The maximum absolute atomic E-state index is 12.5. The maximum atomic E-state index is 12.5. The van der Waals surface area contributed by atoms with Crippen LogP contribution in [-0.2, 0) is 11.3 Å². The second-order valence-corrected chi connectivity index (χ2v) is 6.17. The van der Waals surface area contributed by atoms with Crippen LogP contribution in [0.1, 0.15) is 37.4 Å². The summed E-state index contributed by atoms with van der Waals surface area (Å²) in [7, 11) is 0. The van der Waals surface area contributed by atoms with E-state index >= 15 is 0 Å². The molecule has 2 N–H and O–H groups in total. The summed E-state index contributed by atoms with van der Waals surface area (Å²) in [6.07, 6.45) is 4.61. The molecular formula is C16H20N4O. The number of hydrogen-bond acceptors (Lipinski definition) is 3. The molecule has 4 rings (SSSR count). The van der Waals surface area contributed by atoms with Crippen LogP contribution < -0.4 is 5.73 Å². The Balaban J connectivity index is 1.71. The summed E-state index contributed by atoms with van der Waals surface area (Å²) in [4.78, 5) is 19.2. The molecule has 0 bridgehead atoms. The van der Waals surface area contributed by atoms with Crippen molar-refractivity contribution in [3.63, 3.8) is 0 Å². The van der Waals surface area contributed by atoms with Crippen molar-refractivity contribution >= 4 is 22.6 Å². The van der Waals surface area contributed by atoms with Gasteiger partial charge in [-0.3, -0.25) is 4.79 Å². The third-order valence-corrected chi connectivity index (χ3v) is 4.50. The Morgan fingerprint density at radius 3 is 2.76 bits per heavy atom. The van der Waals surface area contributed by atoms with E-state index in [2.05, 4.69) is 4.57 Å². The molecule has 2 heterocycles. The van der Waals surface area contributed by atoms with Crippen LogP contribution in [0.15, 0.2) is 18.2 Å². The number of amides is 1. The number of anilines is 1. The number of nitrogen functional groups attached to an aromatic ring is 1. The Morgan fingerprint density at radius 1 is 1.29 bits per heavy atom. The van der Waals surface area contributed by atoms with Crippen molar-refractivity contribution in [2.24, 2.45) is 0 Å². The molecule has 1 aliphatic heterocycles. The van der Waals surface area contributed by atoms with E-state index < -0.39 is 0 Å². The van der Waals surface area contributed by atoms with Crippen LogP contribution in [0.25, 0.3) is 11.0 Å². The Bertz CT molecular complexity index is 696. The number of nitrogens with two attached hydrogens (primary N) is 1. The second-order valence-electron chi connectivity index (χ2n) is 6.17. The summed E-state index contributed by atoms with van der Waals surface area (Å²) in [5, 5.41) is 0. The van der Waals surface area contributed by atoms with Crippen molar-refractivity contribution in [2.45, 2.75) is 38.1 Å². The number of aromatic nitrogens is 2. The highest BCUT2D eigenvalue weighted by atomic mass is 16.2. The molecule has 1 aliphatic carbocycles. The lowest BCUT2D eigenvalue weighted by Gasteiger charge is -2.17. The fourth-order valence-corrected chi connectivity index (χ4v) is 3.19. The van der Waals surface area contributed by atoms with Crippen LogP contribution in [0.3, 0.4) is 0 Å². The monoisotopic (exact) mass is 284 g/mol. The van der Waals surface area contributed by atoms with E-state index in [0.29, 0.717) is 12.5 Å². The second kappa shape index (κ2) is 4.76. The highest BCUT2D eigenvalue weighted by Crippen LogP contribution is 2.40. The molecule has 0 radical (unpaired) electrons. The predicted molar refractivity (Wildman–Crippen MR) is 81.9 cm³/mol. The summed E-state index contributed by atoms with van der Waals surface area (Å²) in [6, 6.07) is 5.77. The summed E-state index contributed by atoms with van der Waals surface area (Å²) < 4.78 is 2.10. The van der Waals surface area contributed by atoms with Crippen molar-refractivity contribution < 1.29 is 4.79 Å². The zero-order valence-corrected chi connectivity index (χ0v) is 12.1. The highest BCUT2D eigenvalue weighted by molar-refractivity contribution is 5.83. The number of carbonyl (C=O) groups is 1. The number of fused-ring (bicyclic) bond motifs is 1. The first-order valence-corrected chi connectivity index (χ1v) is 7.76. The van der Waals surface area contributed by atoms with E-state index in [-0.39, 0.29) is 5.91 Å². The SMILES string of the molecule is Nc1ccc2c(c1)nc(C1CC1)n2CC(=O)N1CCCC1. The van der Waals surface area contributed by atoms with Gasteiger partial charge in [0.2, 0.25) is 5.91 Å². The molecule has 5 nitrogen and oxygen atoms in total. The zero-order chi connectivity index (χ0) is 14.4. The van der Waals surface area contributed by atoms with Gasteiger partial charge in [-0.25, -0.2) is 4.98 Å². The van der Waals surface area contributed by atoms with Gasteiger partial charge in [0.1, 0.15) is 12.4 Å². The van der Waals surface area contributed by atoms with Crippen molar-refractivity contribution in [1.82, 2.24) is 14.5 Å². The Labute approximate surface area is 123 Å². The molecule has 1 amide bonds. The molecule has 0 unspecified atom stereocenters.